The van der Waals surface area contributed by atoms with Crippen molar-refractivity contribution in [3.8, 4) is 0 Å². The van der Waals surface area contributed by atoms with E-state index < -0.39 is 20.7 Å². The van der Waals surface area contributed by atoms with Gasteiger partial charge in [-0.25, -0.2) is 12.8 Å². The monoisotopic (exact) mass is 318 g/mol. The topological polar surface area (TPSA) is 83.6 Å². The van der Waals surface area contributed by atoms with E-state index >= 15 is 0 Å². The first-order valence-corrected chi connectivity index (χ1v) is 8.53. The lowest BCUT2D eigenvalue weighted by molar-refractivity contribution is 0.251. The quantitative estimate of drug-likeness (QED) is 0.538. The lowest BCUT2D eigenvalue weighted by atomic mass is 10.2. The van der Waals surface area contributed by atoms with Crippen molar-refractivity contribution >= 4 is 15.7 Å². The smallest absolute Gasteiger partial charge is 0.246 e. The zero-order valence-electron chi connectivity index (χ0n) is 12.3. The number of hydrogen-bond acceptors (Lipinski definition) is 4. The number of aliphatic hydroxyl groups is 1. The van der Waals surface area contributed by atoms with Gasteiger partial charge >= 0.3 is 0 Å². The molecule has 0 fully saturated rings. The SMILES string of the molecule is CCCCCCN(CCO)S(=O)(=O)c1ccc(N)cc1F. The summed E-state index contributed by atoms with van der Waals surface area (Å²) in [5.74, 6) is -0.869. The molecule has 5 nitrogen and oxygen atoms in total. The number of unbranched alkanes of at least 4 members (excludes halogenated alkanes) is 3. The van der Waals surface area contributed by atoms with Crippen molar-refractivity contribution in [3.63, 3.8) is 0 Å². The summed E-state index contributed by atoms with van der Waals surface area (Å²) < 4.78 is 39.9. The molecule has 120 valence electrons. The van der Waals surface area contributed by atoms with Crippen LogP contribution in [-0.2, 0) is 10.0 Å². The van der Waals surface area contributed by atoms with Gasteiger partial charge in [0.1, 0.15) is 10.7 Å². The van der Waals surface area contributed by atoms with Crippen LogP contribution in [0.1, 0.15) is 32.6 Å². The maximum Gasteiger partial charge on any atom is 0.246 e. The average molecular weight is 318 g/mol. The molecule has 0 aliphatic carbocycles. The summed E-state index contributed by atoms with van der Waals surface area (Å²) in [6, 6.07) is 3.50. The van der Waals surface area contributed by atoms with Crippen molar-refractivity contribution in [1.82, 2.24) is 4.31 Å². The third kappa shape index (κ3) is 4.94. The zero-order chi connectivity index (χ0) is 15.9. The Hall–Kier alpha value is -1.18. The van der Waals surface area contributed by atoms with Gasteiger partial charge in [0.05, 0.1) is 6.61 Å². The van der Waals surface area contributed by atoms with Crippen molar-refractivity contribution in [2.45, 2.75) is 37.5 Å². The van der Waals surface area contributed by atoms with Gasteiger partial charge in [-0.3, -0.25) is 0 Å². The summed E-state index contributed by atoms with van der Waals surface area (Å²) in [5, 5.41) is 9.04. The number of anilines is 1. The molecule has 0 radical (unpaired) electrons. The molecule has 0 heterocycles. The number of nitrogens with zero attached hydrogens (tertiary/aromatic N) is 1. The van der Waals surface area contributed by atoms with Gasteiger partial charge in [-0.05, 0) is 24.6 Å². The molecule has 3 N–H and O–H groups in total. The van der Waals surface area contributed by atoms with Crippen molar-refractivity contribution in [2.24, 2.45) is 0 Å². The number of hydrogen-bond donors (Lipinski definition) is 2. The lowest BCUT2D eigenvalue weighted by Crippen LogP contribution is -2.35. The molecular formula is C14H23FN2O3S. The minimum atomic E-state index is -3.96. The summed E-state index contributed by atoms with van der Waals surface area (Å²) in [6.07, 6.45) is 3.64. The van der Waals surface area contributed by atoms with Crippen LogP contribution in [0.15, 0.2) is 23.1 Å². The lowest BCUT2D eigenvalue weighted by Gasteiger charge is -2.21. The van der Waals surface area contributed by atoms with Gasteiger partial charge < -0.3 is 10.8 Å². The minimum absolute atomic E-state index is 0.0434. The molecule has 0 bridgehead atoms. The average Bonchev–Trinajstić information content (AvgIpc) is 2.41. The van der Waals surface area contributed by atoms with E-state index in [1.165, 1.54) is 6.07 Å². The van der Waals surface area contributed by atoms with E-state index in [2.05, 4.69) is 6.92 Å². The first kappa shape index (κ1) is 17.9. The fraction of sp³-hybridized carbons (Fsp3) is 0.571. The molecule has 21 heavy (non-hydrogen) atoms. The molecule has 1 aromatic carbocycles. The molecule has 0 spiro atoms. The van der Waals surface area contributed by atoms with Crippen LogP contribution in [-0.4, -0.2) is 37.5 Å². The van der Waals surface area contributed by atoms with E-state index in [0.29, 0.717) is 6.42 Å². The molecule has 0 aliphatic rings. The second-order valence-electron chi connectivity index (χ2n) is 4.88. The van der Waals surface area contributed by atoms with Gasteiger partial charge in [0.2, 0.25) is 10.0 Å². The van der Waals surface area contributed by atoms with Gasteiger partial charge in [-0.1, -0.05) is 26.2 Å². The Bertz CT molecular complexity index is 549. The van der Waals surface area contributed by atoms with Gasteiger partial charge in [-0.15, -0.1) is 0 Å². The second-order valence-corrected chi connectivity index (χ2v) is 6.78. The van der Waals surface area contributed by atoms with E-state index in [9.17, 15) is 12.8 Å². The van der Waals surface area contributed by atoms with Crippen LogP contribution in [0.3, 0.4) is 0 Å². The van der Waals surface area contributed by atoms with Crippen LogP contribution < -0.4 is 5.73 Å². The molecule has 0 saturated heterocycles. The van der Waals surface area contributed by atoms with Gasteiger partial charge in [0.15, 0.2) is 0 Å². The van der Waals surface area contributed by atoms with Crippen LogP contribution in [0.2, 0.25) is 0 Å². The molecule has 1 aromatic rings. The van der Waals surface area contributed by atoms with Crippen LogP contribution in [0.25, 0.3) is 0 Å². The molecule has 1 rings (SSSR count). The van der Waals surface area contributed by atoms with Crippen molar-refractivity contribution in [3.05, 3.63) is 24.0 Å². The maximum absolute atomic E-state index is 13.8. The Morgan fingerprint density at radius 3 is 2.52 bits per heavy atom. The standard InChI is InChI=1S/C14H23FN2O3S/c1-2-3-4-5-8-17(9-10-18)21(19,20)14-7-6-12(16)11-13(14)15/h6-7,11,18H,2-5,8-10,16H2,1H3. The number of nitrogen functional groups attached to an aromatic ring is 1. The highest BCUT2D eigenvalue weighted by Crippen LogP contribution is 2.21. The number of rotatable bonds is 9. The number of nitrogens with two attached hydrogens (primary N) is 1. The number of halogens is 1. The first-order chi connectivity index (χ1) is 9.93. The van der Waals surface area contributed by atoms with E-state index in [1.54, 1.807) is 0 Å². The number of aliphatic hydroxyl groups excluding tert-OH is 1. The molecule has 0 aromatic heterocycles. The van der Waals surface area contributed by atoms with Gasteiger partial charge in [-0.2, -0.15) is 4.31 Å². The Morgan fingerprint density at radius 2 is 1.95 bits per heavy atom. The van der Waals surface area contributed by atoms with Crippen molar-refractivity contribution < 1.29 is 17.9 Å². The minimum Gasteiger partial charge on any atom is -0.399 e. The van der Waals surface area contributed by atoms with E-state index in [1.807, 2.05) is 0 Å². The normalized spacial score (nSPS) is 12.0. The predicted octanol–water partition coefficient (Wildman–Crippen LogP) is 1.97. The molecule has 0 atom stereocenters. The third-order valence-corrected chi connectivity index (χ3v) is 5.12. The van der Waals surface area contributed by atoms with E-state index in [-0.39, 0.29) is 25.4 Å². The molecule has 0 aliphatic heterocycles. The van der Waals surface area contributed by atoms with Crippen LogP contribution in [0.4, 0.5) is 10.1 Å². The van der Waals surface area contributed by atoms with Crippen LogP contribution in [0.5, 0.6) is 0 Å². The predicted molar refractivity (Wildman–Crippen MR) is 80.8 cm³/mol. The van der Waals surface area contributed by atoms with Crippen LogP contribution in [0, 0.1) is 5.82 Å². The molecule has 0 saturated carbocycles. The Balaban J connectivity index is 2.93. The second kappa shape index (κ2) is 8.31. The van der Waals surface area contributed by atoms with Gasteiger partial charge in [0.25, 0.3) is 0 Å². The highest BCUT2D eigenvalue weighted by Gasteiger charge is 2.26. The van der Waals surface area contributed by atoms with Gasteiger partial charge in [0, 0.05) is 18.8 Å². The Kier molecular flexibility index (Phi) is 7.07. The fourth-order valence-corrected chi connectivity index (χ4v) is 3.56. The Morgan fingerprint density at radius 1 is 1.24 bits per heavy atom. The van der Waals surface area contributed by atoms with Crippen molar-refractivity contribution in [1.29, 1.82) is 0 Å². The molecule has 7 heteroatoms. The number of benzene rings is 1. The highest BCUT2D eigenvalue weighted by molar-refractivity contribution is 7.89. The fourth-order valence-electron chi connectivity index (χ4n) is 2.04. The summed E-state index contributed by atoms with van der Waals surface area (Å²) in [5.41, 5.74) is 5.60. The molecular weight excluding hydrogens is 295 g/mol. The summed E-state index contributed by atoms with van der Waals surface area (Å²) in [4.78, 5) is -0.402. The highest BCUT2D eigenvalue weighted by atomic mass is 32.2. The maximum atomic E-state index is 13.8. The molecule has 0 unspecified atom stereocenters. The summed E-state index contributed by atoms with van der Waals surface area (Å²) in [7, 11) is -3.96. The zero-order valence-corrected chi connectivity index (χ0v) is 13.1. The first-order valence-electron chi connectivity index (χ1n) is 7.09. The Labute approximate surface area is 125 Å². The number of sulfonamides is 1. The largest absolute Gasteiger partial charge is 0.399 e. The third-order valence-electron chi connectivity index (χ3n) is 3.18. The summed E-state index contributed by atoms with van der Waals surface area (Å²) >= 11 is 0. The summed E-state index contributed by atoms with van der Waals surface area (Å²) in [6.45, 7) is 1.99. The van der Waals surface area contributed by atoms with E-state index in [4.69, 9.17) is 10.8 Å². The van der Waals surface area contributed by atoms with Crippen LogP contribution >= 0.6 is 0 Å². The molecule has 0 amide bonds. The van der Waals surface area contributed by atoms with Crippen molar-refractivity contribution in [2.75, 3.05) is 25.4 Å². The van der Waals surface area contributed by atoms with E-state index in [0.717, 1.165) is 35.7 Å².